The van der Waals surface area contributed by atoms with E-state index in [1.54, 1.807) is 19.2 Å². The molecule has 2 N–H and O–H groups in total. The minimum atomic E-state index is -0.365. The Balaban J connectivity index is 1.54. The summed E-state index contributed by atoms with van der Waals surface area (Å²) in [7, 11) is 1.58. The predicted octanol–water partition coefficient (Wildman–Crippen LogP) is 2.15. The van der Waals surface area contributed by atoms with E-state index in [1.165, 1.54) is 12.1 Å². The zero-order valence-electron chi connectivity index (χ0n) is 15.9. The van der Waals surface area contributed by atoms with E-state index in [0.29, 0.717) is 24.5 Å². The van der Waals surface area contributed by atoms with Gasteiger partial charge in [0.05, 0.1) is 7.11 Å². The van der Waals surface area contributed by atoms with E-state index >= 15 is 0 Å². The van der Waals surface area contributed by atoms with Crippen LogP contribution in [-0.2, 0) is 24.2 Å². The maximum atomic E-state index is 12.9. The number of para-hydroxylation sites is 1. The largest absolute Gasteiger partial charge is 0.496 e. The summed E-state index contributed by atoms with van der Waals surface area (Å²) in [6, 6.07) is 13.3. The molecule has 0 atom stereocenters. The number of nitrogens with one attached hydrogen (secondary N) is 2. The molecule has 0 saturated heterocycles. The molecule has 1 heterocycles. The van der Waals surface area contributed by atoms with Crippen LogP contribution in [0.5, 0.6) is 5.75 Å². The Morgan fingerprint density at radius 3 is 2.62 bits per heavy atom. The third-order valence-corrected chi connectivity index (χ3v) is 4.35. The minimum absolute atomic E-state index is 0.102. The lowest BCUT2D eigenvalue weighted by Crippen LogP contribution is -2.25. The van der Waals surface area contributed by atoms with Gasteiger partial charge in [0.2, 0.25) is 5.91 Å². The first kappa shape index (κ1) is 20.2. The molecule has 0 unspecified atom stereocenters. The van der Waals surface area contributed by atoms with Gasteiger partial charge in [-0.25, -0.2) is 4.39 Å². The number of hydrogen-bond acceptors (Lipinski definition) is 5. The molecule has 0 bridgehead atoms. The maximum absolute atomic E-state index is 12.9. The molecule has 0 aliphatic carbocycles. The second kappa shape index (κ2) is 9.59. The van der Waals surface area contributed by atoms with Crippen molar-refractivity contribution in [2.75, 3.05) is 7.11 Å². The first-order valence-corrected chi connectivity index (χ1v) is 9.13. The molecule has 150 valence electrons. The standard InChI is InChI=1S/C21H21FN4O3/c1-29-18-5-3-2-4-15(18)12-19-24-21(28)17(25-26-19)10-11-20(27)23-13-14-6-8-16(22)9-7-14/h2-9H,10-13H2,1H3,(H,23,27)(H,24,26,28). The summed E-state index contributed by atoms with van der Waals surface area (Å²) < 4.78 is 18.2. The Labute approximate surface area is 167 Å². The van der Waals surface area contributed by atoms with E-state index < -0.39 is 0 Å². The summed E-state index contributed by atoms with van der Waals surface area (Å²) in [5, 5.41) is 10.8. The van der Waals surface area contributed by atoms with E-state index in [9.17, 15) is 14.0 Å². The van der Waals surface area contributed by atoms with E-state index in [2.05, 4.69) is 20.5 Å². The van der Waals surface area contributed by atoms with E-state index in [1.807, 2.05) is 24.3 Å². The fourth-order valence-corrected chi connectivity index (χ4v) is 2.79. The number of amides is 1. The van der Waals surface area contributed by atoms with Crippen LogP contribution < -0.4 is 15.6 Å². The number of hydrogen-bond donors (Lipinski definition) is 2. The maximum Gasteiger partial charge on any atom is 0.272 e. The minimum Gasteiger partial charge on any atom is -0.496 e. The van der Waals surface area contributed by atoms with Gasteiger partial charge in [-0.1, -0.05) is 30.3 Å². The van der Waals surface area contributed by atoms with Crippen LogP contribution in [-0.4, -0.2) is 28.2 Å². The van der Waals surface area contributed by atoms with Crippen molar-refractivity contribution in [2.24, 2.45) is 0 Å². The lowest BCUT2D eigenvalue weighted by molar-refractivity contribution is -0.121. The fourth-order valence-electron chi connectivity index (χ4n) is 2.79. The number of ether oxygens (including phenoxy) is 1. The van der Waals surface area contributed by atoms with E-state index in [-0.39, 0.29) is 35.8 Å². The second-order valence-corrected chi connectivity index (χ2v) is 6.44. The number of rotatable bonds is 8. The molecular formula is C21H21FN4O3. The molecule has 0 aliphatic rings. The van der Waals surface area contributed by atoms with Crippen molar-refractivity contribution in [3.8, 4) is 5.75 Å². The molecule has 0 aliphatic heterocycles. The summed E-state index contributed by atoms with van der Waals surface area (Å²) in [6.45, 7) is 0.291. The fraction of sp³-hybridized carbons (Fsp3) is 0.238. The van der Waals surface area contributed by atoms with Crippen molar-refractivity contribution >= 4 is 5.91 Å². The monoisotopic (exact) mass is 396 g/mol. The average molecular weight is 396 g/mol. The van der Waals surface area contributed by atoms with Crippen LogP contribution in [0.1, 0.15) is 29.1 Å². The number of aromatic nitrogens is 3. The molecule has 0 radical (unpaired) electrons. The Morgan fingerprint density at radius 1 is 1.14 bits per heavy atom. The number of carbonyl (C=O) groups is 1. The van der Waals surface area contributed by atoms with Gasteiger partial charge in [-0.15, -0.1) is 10.2 Å². The number of nitrogens with zero attached hydrogens (tertiary/aromatic N) is 2. The lowest BCUT2D eigenvalue weighted by Gasteiger charge is -2.07. The van der Waals surface area contributed by atoms with E-state index in [0.717, 1.165) is 11.1 Å². The van der Waals surface area contributed by atoms with Crippen molar-refractivity contribution in [1.82, 2.24) is 20.5 Å². The van der Waals surface area contributed by atoms with Gasteiger partial charge in [0, 0.05) is 31.4 Å². The molecule has 1 aromatic heterocycles. The van der Waals surface area contributed by atoms with Crippen LogP contribution in [0.3, 0.4) is 0 Å². The van der Waals surface area contributed by atoms with Crippen LogP contribution in [0.4, 0.5) is 4.39 Å². The average Bonchev–Trinajstić information content (AvgIpc) is 2.73. The third kappa shape index (κ3) is 5.71. The molecule has 7 nitrogen and oxygen atoms in total. The Hall–Kier alpha value is -3.55. The first-order chi connectivity index (χ1) is 14.0. The Morgan fingerprint density at radius 2 is 1.90 bits per heavy atom. The summed E-state index contributed by atoms with van der Waals surface area (Å²) in [5.41, 5.74) is 1.51. The zero-order valence-corrected chi connectivity index (χ0v) is 15.9. The highest BCUT2D eigenvalue weighted by Gasteiger charge is 2.10. The quantitative estimate of drug-likeness (QED) is 0.608. The summed E-state index contributed by atoms with van der Waals surface area (Å²) in [5.74, 6) is 0.571. The van der Waals surface area contributed by atoms with Crippen LogP contribution in [0, 0.1) is 5.82 Å². The summed E-state index contributed by atoms with van der Waals surface area (Å²) in [4.78, 5) is 26.9. The summed E-state index contributed by atoms with van der Waals surface area (Å²) in [6.07, 6.45) is 0.655. The van der Waals surface area contributed by atoms with Crippen LogP contribution in [0.25, 0.3) is 0 Å². The smallest absolute Gasteiger partial charge is 0.272 e. The number of carbonyl (C=O) groups excluding carboxylic acids is 1. The van der Waals surface area contributed by atoms with Gasteiger partial charge in [0.1, 0.15) is 23.1 Å². The van der Waals surface area contributed by atoms with Gasteiger partial charge < -0.3 is 15.0 Å². The highest BCUT2D eigenvalue weighted by molar-refractivity contribution is 5.76. The van der Waals surface area contributed by atoms with Crippen molar-refractivity contribution in [1.29, 1.82) is 0 Å². The molecule has 29 heavy (non-hydrogen) atoms. The van der Waals surface area contributed by atoms with Crippen molar-refractivity contribution in [3.63, 3.8) is 0 Å². The van der Waals surface area contributed by atoms with Crippen LogP contribution >= 0.6 is 0 Å². The van der Waals surface area contributed by atoms with Crippen molar-refractivity contribution in [3.05, 3.63) is 87.3 Å². The molecular weight excluding hydrogens is 375 g/mol. The summed E-state index contributed by atoms with van der Waals surface area (Å²) >= 11 is 0. The van der Waals surface area contributed by atoms with Gasteiger partial charge in [0.25, 0.3) is 5.56 Å². The number of halogens is 1. The molecule has 0 spiro atoms. The number of aryl methyl sites for hydroxylation is 1. The van der Waals surface area contributed by atoms with Gasteiger partial charge in [-0.3, -0.25) is 9.59 Å². The number of benzene rings is 2. The SMILES string of the molecule is COc1ccccc1Cc1nnc(CCC(=O)NCc2ccc(F)cc2)c(=O)[nH]1. The number of methoxy groups -OCH3 is 1. The second-order valence-electron chi connectivity index (χ2n) is 6.44. The molecule has 8 heteroatoms. The van der Waals surface area contributed by atoms with Crippen LogP contribution in [0.2, 0.25) is 0 Å². The predicted molar refractivity (Wildman–Crippen MR) is 105 cm³/mol. The van der Waals surface area contributed by atoms with Crippen molar-refractivity contribution < 1.29 is 13.9 Å². The third-order valence-electron chi connectivity index (χ3n) is 4.35. The Bertz CT molecular complexity index is 1030. The zero-order chi connectivity index (χ0) is 20.6. The molecule has 0 saturated carbocycles. The highest BCUT2D eigenvalue weighted by atomic mass is 19.1. The number of aromatic amines is 1. The number of H-pyrrole nitrogens is 1. The van der Waals surface area contributed by atoms with Gasteiger partial charge in [-0.05, 0) is 23.8 Å². The molecule has 3 aromatic rings. The normalized spacial score (nSPS) is 10.6. The van der Waals surface area contributed by atoms with Gasteiger partial charge in [-0.2, -0.15) is 0 Å². The van der Waals surface area contributed by atoms with Gasteiger partial charge in [0.15, 0.2) is 0 Å². The molecule has 0 fully saturated rings. The lowest BCUT2D eigenvalue weighted by atomic mass is 10.1. The molecule has 3 rings (SSSR count). The van der Waals surface area contributed by atoms with E-state index in [4.69, 9.17) is 4.74 Å². The molecule has 2 aromatic carbocycles. The van der Waals surface area contributed by atoms with Crippen molar-refractivity contribution in [2.45, 2.75) is 25.8 Å². The van der Waals surface area contributed by atoms with Gasteiger partial charge >= 0.3 is 0 Å². The molecule has 1 amide bonds. The highest BCUT2D eigenvalue weighted by Crippen LogP contribution is 2.19. The first-order valence-electron chi connectivity index (χ1n) is 9.13. The van der Waals surface area contributed by atoms with Crippen LogP contribution in [0.15, 0.2) is 53.3 Å². The Kier molecular flexibility index (Phi) is 6.67. The topological polar surface area (TPSA) is 97.0 Å².